The molecule has 1 N–H and O–H groups in total. The van der Waals surface area contributed by atoms with Gasteiger partial charge in [0.15, 0.2) is 0 Å². The number of carbonyl (C=O) groups excluding carboxylic acids is 2. The number of nitrogens with zero attached hydrogens (tertiary/aromatic N) is 1. The van der Waals surface area contributed by atoms with E-state index in [0.717, 1.165) is 30.4 Å². The van der Waals surface area contributed by atoms with E-state index in [0.29, 0.717) is 25.9 Å². The second-order valence-corrected chi connectivity index (χ2v) is 9.39. The summed E-state index contributed by atoms with van der Waals surface area (Å²) in [6.45, 7) is 1.23. The molecule has 0 radical (unpaired) electrons. The van der Waals surface area contributed by atoms with Crippen LogP contribution in [-0.2, 0) is 16.0 Å². The minimum atomic E-state index is -0.373. The van der Waals surface area contributed by atoms with E-state index in [1.807, 2.05) is 53.4 Å². The summed E-state index contributed by atoms with van der Waals surface area (Å²) >= 11 is 0. The zero-order valence-electron chi connectivity index (χ0n) is 18.9. The summed E-state index contributed by atoms with van der Waals surface area (Å²) in [6.07, 6.45) is 3.78. The van der Waals surface area contributed by atoms with Crippen LogP contribution in [-0.4, -0.2) is 35.3 Å². The minimum absolute atomic E-state index is 0.110. The Labute approximate surface area is 195 Å². The van der Waals surface area contributed by atoms with E-state index >= 15 is 0 Å². The van der Waals surface area contributed by atoms with Crippen molar-refractivity contribution in [2.24, 2.45) is 0 Å². The van der Waals surface area contributed by atoms with Gasteiger partial charge >= 0.3 is 0 Å². The first-order chi connectivity index (χ1) is 16.1. The largest absolute Gasteiger partial charge is 0.348 e. The maximum Gasteiger partial charge on any atom is 0.227 e. The van der Waals surface area contributed by atoms with Crippen molar-refractivity contribution in [3.05, 3.63) is 96.1 Å². The molecule has 2 heterocycles. The van der Waals surface area contributed by atoms with E-state index in [1.54, 1.807) is 0 Å². The molecule has 1 spiro atoms. The summed E-state index contributed by atoms with van der Waals surface area (Å²) in [6, 6.07) is 28.9. The van der Waals surface area contributed by atoms with Crippen molar-refractivity contribution in [2.45, 2.75) is 43.6 Å². The second-order valence-electron chi connectivity index (χ2n) is 9.39. The molecule has 2 aliphatic heterocycles. The number of carbonyl (C=O) groups is 2. The average Bonchev–Trinajstić information content (AvgIpc) is 3.11. The van der Waals surface area contributed by atoms with Gasteiger partial charge in [-0.1, -0.05) is 91.3 Å². The fourth-order valence-corrected chi connectivity index (χ4v) is 5.45. The summed E-state index contributed by atoms with van der Waals surface area (Å²) in [5, 5.41) is 3.34. The maximum absolute atomic E-state index is 13.4. The normalized spacial score (nSPS) is 22.7. The lowest BCUT2D eigenvalue weighted by molar-refractivity contribution is -0.130. The quantitative estimate of drug-likeness (QED) is 0.627. The predicted molar refractivity (Wildman–Crippen MR) is 131 cm³/mol. The van der Waals surface area contributed by atoms with Gasteiger partial charge in [-0.25, -0.2) is 0 Å². The summed E-state index contributed by atoms with van der Waals surface area (Å²) in [7, 11) is 0. The van der Waals surface area contributed by atoms with Gasteiger partial charge in [-0.15, -0.1) is 0 Å². The average molecular weight is 439 g/mol. The van der Waals surface area contributed by atoms with Gasteiger partial charge in [0, 0.05) is 25.4 Å². The van der Waals surface area contributed by atoms with Crippen molar-refractivity contribution in [1.29, 1.82) is 0 Å². The highest BCUT2D eigenvalue weighted by molar-refractivity contribution is 5.81. The van der Waals surface area contributed by atoms with Gasteiger partial charge in [0.05, 0.1) is 12.0 Å². The van der Waals surface area contributed by atoms with E-state index < -0.39 is 0 Å². The standard InChI is InChI=1S/C29H30N2O2/c32-27-13-7-8-18-29(30-27)21-31(20-26(29)25-11-5-2-6-12-25)28(33)19-22-14-16-24(17-15-22)23-9-3-1-4-10-23/h1-6,9-12,14-17,26H,7-8,13,18-21H2,(H,30,32)/t26-,29+/m0/s1. The molecule has 168 valence electrons. The topological polar surface area (TPSA) is 49.4 Å². The molecule has 3 aromatic carbocycles. The summed E-state index contributed by atoms with van der Waals surface area (Å²) in [4.78, 5) is 27.8. The van der Waals surface area contributed by atoms with Crippen LogP contribution >= 0.6 is 0 Å². The lowest BCUT2D eigenvalue weighted by Crippen LogP contribution is -2.52. The first-order valence-corrected chi connectivity index (χ1v) is 11.9. The third-order valence-corrected chi connectivity index (χ3v) is 7.18. The molecule has 0 aromatic heterocycles. The van der Waals surface area contributed by atoms with Crippen LogP contribution in [0.25, 0.3) is 11.1 Å². The Balaban J connectivity index is 1.34. The molecule has 2 amide bonds. The van der Waals surface area contributed by atoms with Gasteiger partial charge in [0.1, 0.15) is 0 Å². The van der Waals surface area contributed by atoms with E-state index in [2.05, 4.69) is 41.7 Å². The van der Waals surface area contributed by atoms with Crippen LogP contribution in [0.5, 0.6) is 0 Å². The molecule has 0 aliphatic carbocycles. The molecule has 0 saturated carbocycles. The van der Waals surface area contributed by atoms with Gasteiger partial charge in [-0.3, -0.25) is 9.59 Å². The molecule has 0 unspecified atom stereocenters. The zero-order chi connectivity index (χ0) is 22.7. The second kappa shape index (κ2) is 9.22. The third kappa shape index (κ3) is 4.56. The Morgan fingerprint density at radius 3 is 2.27 bits per heavy atom. The molecule has 4 heteroatoms. The number of amides is 2. The lowest BCUT2D eigenvalue weighted by Gasteiger charge is -2.34. The number of nitrogens with one attached hydrogen (secondary N) is 1. The number of hydrogen-bond donors (Lipinski definition) is 1. The first-order valence-electron chi connectivity index (χ1n) is 11.9. The third-order valence-electron chi connectivity index (χ3n) is 7.18. The van der Waals surface area contributed by atoms with Crippen LogP contribution in [0.2, 0.25) is 0 Å². The van der Waals surface area contributed by atoms with E-state index in [9.17, 15) is 9.59 Å². The molecular formula is C29H30N2O2. The molecular weight excluding hydrogens is 408 g/mol. The van der Waals surface area contributed by atoms with E-state index in [-0.39, 0.29) is 23.3 Å². The Kier molecular flexibility index (Phi) is 5.99. The Bertz CT molecular complexity index is 1110. The van der Waals surface area contributed by atoms with Crippen molar-refractivity contribution >= 4 is 11.8 Å². The van der Waals surface area contributed by atoms with Crippen LogP contribution in [0.15, 0.2) is 84.9 Å². The molecule has 2 aliphatic rings. The molecule has 3 aromatic rings. The SMILES string of the molecule is O=C1CCCC[C@]2(CN(C(=O)Cc3ccc(-c4ccccc4)cc3)C[C@H]2c2ccccc2)N1. The van der Waals surface area contributed by atoms with Crippen LogP contribution in [0.3, 0.4) is 0 Å². The Morgan fingerprint density at radius 2 is 1.55 bits per heavy atom. The molecule has 4 nitrogen and oxygen atoms in total. The van der Waals surface area contributed by atoms with Crippen molar-refractivity contribution in [1.82, 2.24) is 10.2 Å². The van der Waals surface area contributed by atoms with Crippen LogP contribution in [0.4, 0.5) is 0 Å². The van der Waals surface area contributed by atoms with Gasteiger partial charge in [0.2, 0.25) is 11.8 Å². The smallest absolute Gasteiger partial charge is 0.227 e. The van der Waals surface area contributed by atoms with Gasteiger partial charge in [-0.2, -0.15) is 0 Å². The molecule has 5 rings (SSSR count). The fraction of sp³-hybridized carbons (Fsp3) is 0.310. The lowest BCUT2D eigenvalue weighted by atomic mass is 9.79. The van der Waals surface area contributed by atoms with Crippen molar-refractivity contribution < 1.29 is 9.59 Å². The van der Waals surface area contributed by atoms with Crippen LogP contribution < -0.4 is 5.32 Å². The minimum Gasteiger partial charge on any atom is -0.348 e. The molecule has 33 heavy (non-hydrogen) atoms. The molecule has 2 fully saturated rings. The van der Waals surface area contributed by atoms with Crippen LogP contribution in [0, 0.1) is 0 Å². The first kappa shape index (κ1) is 21.4. The Hall–Kier alpha value is -3.40. The summed E-state index contributed by atoms with van der Waals surface area (Å²) < 4.78 is 0. The van der Waals surface area contributed by atoms with Crippen molar-refractivity contribution in [3.8, 4) is 11.1 Å². The monoisotopic (exact) mass is 438 g/mol. The predicted octanol–water partition coefficient (Wildman–Crippen LogP) is 4.95. The highest BCUT2D eigenvalue weighted by atomic mass is 16.2. The molecule has 2 atom stereocenters. The number of rotatable bonds is 4. The summed E-state index contributed by atoms with van der Waals surface area (Å²) in [5.41, 5.74) is 4.16. The zero-order valence-corrected chi connectivity index (χ0v) is 18.9. The van der Waals surface area contributed by atoms with E-state index in [4.69, 9.17) is 0 Å². The molecule has 0 bridgehead atoms. The van der Waals surface area contributed by atoms with Crippen molar-refractivity contribution in [3.63, 3.8) is 0 Å². The summed E-state index contributed by atoms with van der Waals surface area (Å²) in [5.74, 6) is 0.350. The maximum atomic E-state index is 13.4. The fourth-order valence-electron chi connectivity index (χ4n) is 5.45. The van der Waals surface area contributed by atoms with Gasteiger partial charge in [0.25, 0.3) is 0 Å². The van der Waals surface area contributed by atoms with E-state index in [1.165, 1.54) is 11.1 Å². The number of hydrogen-bond acceptors (Lipinski definition) is 2. The Morgan fingerprint density at radius 1 is 0.879 bits per heavy atom. The van der Waals surface area contributed by atoms with Crippen molar-refractivity contribution in [2.75, 3.05) is 13.1 Å². The number of likely N-dealkylation sites (tertiary alicyclic amines) is 1. The van der Waals surface area contributed by atoms with Crippen LogP contribution in [0.1, 0.15) is 42.7 Å². The van der Waals surface area contributed by atoms with Gasteiger partial charge < -0.3 is 10.2 Å². The highest BCUT2D eigenvalue weighted by Crippen LogP contribution is 2.41. The highest BCUT2D eigenvalue weighted by Gasteiger charge is 2.49. The number of benzene rings is 3. The van der Waals surface area contributed by atoms with Gasteiger partial charge in [-0.05, 0) is 35.1 Å². The molecule has 2 saturated heterocycles.